The first-order chi connectivity index (χ1) is 13.0. The lowest BCUT2D eigenvalue weighted by Gasteiger charge is -2.32. The summed E-state index contributed by atoms with van der Waals surface area (Å²) in [7, 11) is 0. The second-order valence-electron chi connectivity index (χ2n) is 7.93. The Morgan fingerprint density at radius 2 is 2.04 bits per heavy atom. The molecule has 0 atom stereocenters. The number of pyridine rings is 1. The van der Waals surface area contributed by atoms with Crippen molar-refractivity contribution in [3.63, 3.8) is 0 Å². The molecule has 0 fully saturated rings. The summed E-state index contributed by atoms with van der Waals surface area (Å²) < 4.78 is 7.24. The molecule has 3 aromatic rings. The lowest BCUT2D eigenvalue weighted by atomic mass is 9.89. The molecule has 0 amide bonds. The summed E-state index contributed by atoms with van der Waals surface area (Å²) in [6.07, 6.45) is 7.75. The Labute approximate surface area is 169 Å². The van der Waals surface area contributed by atoms with Gasteiger partial charge in [0.05, 0.1) is 22.4 Å². The second kappa shape index (κ2) is 7.64. The van der Waals surface area contributed by atoms with E-state index >= 15 is 0 Å². The van der Waals surface area contributed by atoms with E-state index in [1.807, 2.05) is 11.8 Å². The van der Waals surface area contributed by atoms with Crippen LogP contribution < -0.4 is 0 Å². The summed E-state index contributed by atoms with van der Waals surface area (Å²) in [5.41, 5.74) is 4.63. The van der Waals surface area contributed by atoms with E-state index in [0.29, 0.717) is 6.61 Å². The van der Waals surface area contributed by atoms with Crippen LogP contribution in [0.15, 0.2) is 11.4 Å². The molecule has 0 bridgehead atoms. The monoisotopic (exact) mass is 401 g/mol. The van der Waals surface area contributed by atoms with Gasteiger partial charge in [0, 0.05) is 23.1 Å². The topological polar surface area (TPSA) is 47.9 Å². The van der Waals surface area contributed by atoms with Gasteiger partial charge in [0.25, 0.3) is 0 Å². The van der Waals surface area contributed by atoms with E-state index in [2.05, 4.69) is 37.7 Å². The number of hydrogen-bond acceptors (Lipinski definition) is 6. The number of aromatic nitrogens is 3. The average molecular weight is 402 g/mol. The van der Waals surface area contributed by atoms with Gasteiger partial charge in [-0.25, -0.2) is 15.0 Å². The molecule has 0 saturated carbocycles. The minimum Gasteiger partial charge on any atom is -0.370 e. The van der Waals surface area contributed by atoms with Crippen LogP contribution in [0.4, 0.5) is 0 Å². The summed E-state index contributed by atoms with van der Waals surface area (Å²) in [5, 5.41) is 2.33. The van der Waals surface area contributed by atoms with Gasteiger partial charge < -0.3 is 4.74 Å². The number of thioether (sulfide) groups is 1. The first-order valence-electron chi connectivity index (χ1n) is 9.82. The van der Waals surface area contributed by atoms with E-state index in [4.69, 9.17) is 9.72 Å². The predicted octanol–water partition coefficient (Wildman–Crippen LogP) is 6.07. The third-order valence-electron chi connectivity index (χ3n) is 5.24. The average Bonchev–Trinajstić information content (AvgIpc) is 2.99. The van der Waals surface area contributed by atoms with Crippen LogP contribution in [-0.2, 0) is 17.8 Å². The van der Waals surface area contributed by atoms with Gasteiger partial charge in [0.2, 0.25) is 0 Å². The summed E-state index contributed by atoms with van der Waals surface area (Å²) >= 11 is 3.61. The maximum absolute atomic E-state index is 6.05. The van der Waals surface area contributed by atoms with Gasteiger partial charge in [-0.1, -0.05) is 26.2 Å². The third kappa shape index (κ3) is 3.71. The van der Waals surface area contributed by atoms with Crippen molar-refractivity contribution in [1.82, 2.24) is 15.0 Å². The number of rotatable bonds is 6. The fraction of sp³-hybridized carbons (Fsp3) is 0.571. The Bertz CT molecular complexity index is 981. The SMILES string of the molecule is CCCCCCSc1ncnc2c1sc1nc(C)c3c(c12)CC(C)(C)OC3. The summed E-state index contributed by atoms with van der Waals surface area (Å²) in [6.45, 7) is 9.32. The number of fused-ring (bicyclic) bond motifs is 5. The molecule has 1 aliphatic rings. The van der Waals surface area contributed by atoms with Gasteiger partial charge in [-0.3, -0.25) is 0 Å². The lowest BCUT2D eigenvalue weighted by Crippen LogP contribution is -2.32. The number of ether oxygens (including phenoxy) is 1. The van der Waals surface area contributed by atoms with Crippen LogP contribution in [0, 0.1) is 6.92 Å². The van der Waals surface area contributed by atoms with E-state index < -0.39 is 0 Å². The fourth-order valence-corrected chi connectivity index (χ4v) is 6.03. The van der Waals surface area contributed by atoms with Gasteiger partial charge in [-0.2, -0.15) is 0 Å². The van der Waals surface area contributed by atoms with Crippen molar-refractivity contribution in [3.8, 4) is 0 Å². The van der Waals surface area contributed by atoms with Crippen LogP contribution in [0.5, 0.6) is 0 Å². The highest BCUT2D eigenvalue weighted by molar-refractivity contribution is 7.99. The van der Waals surface area contributed by atoms with Crippen LogP contribution in [0.25, 0.3) is 20.4 Å². The van der Waals surface area contributed by atoms with E-state index in [0.717, 1.165) is 33.2 Å². The number of unbranched alkanes of at least 4 members (excludes halogenated alkanes) is 3. The maximum atomic E-state index is 6.05. The molecular weight excluding hydrogens is 374 g/mol. The highest BCUT2D eigenvalue weighted by Gasteiger charge is 2.30. The van der Waals surface area contributed by atoms with Crippen molar-refractivity contribution >= 4 is 43.5 Å². The molecule has 0 N–H and O–H groups in total. The van der Waals surface area contributed by atoms with Crippen LogP contribution in [0.2, 0.25) is 0 Å². The molecule has 0 aromatic carbocycles. The van der Waals surface area contributed by atoms with Crippen molar-refractivity contribution < 1.29 is 4.74 Å². The molecule has 27 heavy (non-hydrogen) atoms. The molecule has 0 radical (unpaired) electrons. The van der Waals surface area contributed by atoms with Crippen LogP contribution in [0.1, 0.15) is 63.3 Å². The molecule has 0 saturated heterocycles. The van der Waals surface area contributed by atoms with Crippen molar-refractivity contribution in [1.29, 1.82) is 0 Å². The number of hydrogen-bond donors (Lipinski definition) is 0. The summed E-state index contributed by atoms with van der Waals surface area (Å²) in [5.74, 6) is 1.12. The quantitative estimate of drug-likeness (QED) is 0.285. The molecule has 4 heterocycles. The van der Waals surface area contributed by atoms with Gasteiger partial charge >= 0.3 is 0 Å². The van der Waals surface area contributed by atoms with E-state index in [9.17, 15) is 0 Å². The molecule has 4 rings (SSSR count). The minimum absolute atomic E-state index is 0.147. The Morgan fingerprint density at radius 1 is 1.19 bits per heavy atom. The summed E-state index contributed by atoms with van der Waals surface area (Å²) in [4.78, 5) is 15.3. The Kier molecular flexibility index (Phi) is 5.41. The smallest absolute Gasteiger partial charge is 0.126 e. The maximum Gasteiger partial charge on any atom is 0.126 e. The molecule has 4 nitrogen and oxygen atoms in total. The Balaban J connectivity index is 1.77. The van der Waals surface area contributed by atoms with E-state index in [-0.39, 0.29) is 5.60 Å². The largest absolute Gasteiger partial charge is 0.370 e. The van der Waals surface area contributed by atoms with Crippen LogP contribution >= 0.6 is 23.1 Å². The zero-order chi connectivity index (χ0) is 19.0. The summed E-state index contributed by atoms with van der Waals surface area (Å²) in [6, 6.07) is 0. The molecule has 0 unspecified atom stereocenters. The zero-order valence-electron chi connectivity index (χ0n) is 16.6. The number of nitrogens with zero attached hydrogens (tertiary/aromatic N) is 3. The first kappa shape index (κ1) is 19.1. The number of thiophene rings is 1. The predicted molar refractivity (Wildman–Crippen MR) is 115 cm³/mol. The van der Waals surface area contributed by atoms with E-state index in [1.165, 1.54) is 46.9 Å². The van der Waals surface area contributed by atoms with Gasteiger partial charge in [-0.05, 0) is 38.5 Å². The first-order valence-corrected chi connectivity index (χ1v) is 11.6. The molecule has 0 aliphatic carbocycles. The molecule has 0 spiro atoms. The van der Waals surface area contributed by atoms with Gasteiger partial charge in [0.15, 0.2) is 0 Å². The highest BCUT2D eigenvalue weighted by atomic mass is 32.2. The normalized spacial score (nSPS) is 16.1. The minimum atomic E-state index is -0.147. The molecule has 6 heteroatoms. The Hall–Kier alpha value is -1.24. The molecule has 144 valence electrons. The van der Waals surface area contributed by atoms with Gasteiger partial charge in [0.1, 0.15) is 16.2 Å². The second-order valence-corrected chi connectivity index (χ2v) is 10.0. The number of aryl methyl sites for hydroxylation is 1. The highest BCUT2D eigenvalue weighted by Crippen LogP contribution is 2.42. The van der Waals surface area contributed by atoms with Crippen molar-refractivity contribution in [2.24, 2.45) is 0 Å². The zero-order valence-corrected chi connectivity index (χ0v) is 18.2. The van der Waals surface area contributed by atoms with E-state index in [1.54, 1.807) is 17.7 Å². The Morgan fingerprint density at radius 3 is 2.85 bits per heavy atom. The molecule has 1 aliphatic heterocycles. The van der Waals surface area contributed by atoms with Crippen molar-refractivity contribution in [3.05, 3.63) is 23.1 Å². The lowest BCUT2D eigenvalue weighted by molar-refractivity contribution is -0.0400. The van der Waals surface area contributed by atoms with Crippen molar-refractivity contribution in [2.45, 2.75) is 77.0 Å². The van der Waals surface area contributed by atoms with Crippen LogP contribution in [0.3, 0.4) is 0 Å². The molecule has 3 aromatic heterocycles. The standard InChI is InChI=1S/C21H27N3OS2/c1-5-6-7-8-9-26-20-18-17(22-12-23-20)16-14-10-21(3,4)25-11-15(14)13(2)24-19(16)27-18/h12H,5-11H2,1-4H3. The fourth-order valence-electron chi connectivity index (χ4n) is 3.75. The van der Waals surface area contributed by atoms with Crippen LogP contribution in [-0.4, -0.2) is 26.3 Å². The third-order valence-corrected chi connectivity index (χ3v) is 7.52. The van der Waals surface area contributed by atoms with Crippen molar-refractivity contribution in [2.75, 3.05) is 5.75 Å². The molecular formula is C21H27N3OS2. The van der Waals surface area contributed by atoms with Gasteiger partial charge in [-0.15, -0.1) is 23.1 Å².